The van der Waals surface area contributed by atoms with Crippen molar-refractivity contribution < 1.29 is 9.18 Å². The van der Waals surface area contributed by atoms with Crippen LogP contribution in [0.4, 0.5) is 10.1 Å². The number of piperazine rings is 1. The second kappa shape index (κ2) is 7.71. The van der Waals surface area contributed by atoms with Crippen LogP contribution in [-0.2, 0) is 0 Å². The lowest BCUT2D eigenvalue weighted by atomic mass is 10.2. The third kappa shape index (κ3) is 3.64. The fourth-order valence-corrected chi connectivity index (χ4v) is 3.59. The molecule has 1 aliphatic rings. The molecule has 4 rings (SSSR count). The maximum atomic E-state index is 13.1. The molecule has 0 spiro atoms. The molecule has 1 saturated heterocycles. The maximum Gasteiger partial charge on any atom is 0.276 e. The third-order valence-electron chi connectivity index (χ3n) is 4.93. The second-order valence-corrected chi connectivity index (χ2v) is 7.58. The van der Waals surface area contributed by atoms with E-state index in [2.05, 4.69) is 31.1 Å². The largest absolute Gasteiger partial charge is 0.368 e. The summed E-state index contributed by atoms with van der Waals surface area (Å²) in [6, 6.07) is 14.1. The summed E-state index contributed by atoms with van der Waals surface area (Å²) in [5.41, 5.74) is 2.91. The lowest BCUT2D eigenvalue weighted by Crippen LogP contribution is -2.49. The van der Waals surface area contributed by atoms with E-state index in [0.29, 0.717) is 37.6 Å². The van der Waals surface area contributed by atoms with Crippen LogP contribution in [0.25, 0.3) is 5.69 Å². The molecule has 144 valence electrons. The molecule has 0 atom stereocenters. The minimum Gasteiger partial charge on any atom is -0.368 e. The van der Waals surface area contributed by atoms with E-state index in [1.54, 1.807) is 21.7 Å². The SMILES string of the molecule is Cc1c(C(=O)N2CCN(c3ccc(F)cc3)CC2)nnn1-c1ccc(Br)cc1. The Morgan fingerprint density at radius 2 is 1.57 bits per heavy atom. The molecule has 2 aromatic carbocycles. The quantitative estimate of drug-likeness (QED) is 0.621. The van der Waals surface area contributed by atoms with Crippen molar-refractivity contribution in [3.63, 3.8) is 0 Å². The molecule has 8 heteroatoms. The van der Waals surface area contributed by atoms with Gasteiger partial charge in [-0.15, -0.1) is 5.10 Å². The van der Waals surface area contributed by atoms with Crippen molar-refractivity contribution in [2.75, 3.05) is 31.1 Å². The maximum absolute atomic E-state index is 13.1. The topological polar surface area (TPSA) is 54.3 Å². The number of halogens is 2. The van der Waals surface area contributed by atoms with Crippen molar-refractivity contribution >= 4 is 27.5 Å². The van der Waals surface area contributed by atoms with Crippen LogP contribution in [0.1, 0.15) is 16.2 Å². The van der Waals surface area contributed by atoms with Gasteiger partial charge in [0.05, 0.1) is 11.4 Å². The average Bonchev–Trinajstić information content (AvgIpc) is 3.10. The molecule has 3 aromatic rings. The molecule has 1 fully saturated rings. The molecule has 6 nitrogen and oxygen atoms in total. The summed E-state index contributed by atoms with van der Waals surface area (Å²) in [6.45, 7) is 4.40. The fourth-order valence-electron chi connectivity index (χ4n) is 3.32. The van der Waals surface area contributed by atoms with Gasteiger partial charge >= 0.3 is 0 Å². The zero-order chi connectivity index (χ0) is 19.7. The number of nitrogens with zero attached hydrogens (tertiary/aromatic N) is 5. The van der Waals surface area contributed by atoms with E-state index in [1.807, 2.05) is 31.2 Å². The van der Waals surface area contributed by atoms with E-state index in [9.17, 15) is 9.18 Å². The van der Waals surface area contributed by atoms with Crippen LogP contribution < -0.4 is 4.90 Å². The van der Waals surface area contributed by atoms with Crippen LogP contribution >= 0.6 is 15.9 Å². The van der Waals surface area contributed by atoms with Gasteiger partial charge in [-0.05, 0) is 55.5 Å². The van der Waals surface area contributed by atoms with Gasteiger partial charge in [0.2, 0.25) is 0 Å². The van der Waals surface area contributed by atoms with Gasteiger partial charge in [0.25, 0.3) is 5.91 Å². The predicted molar refractivity (Wildman–Crippen MR) is 108 cm³/mol. The molecule has 0 unspecified atom stereocenters. The summed E-state index contributed by atoms with van der Waals surface area (Å²) in [6.07, 6.45) is 0. The Hall–Kier alpha value is -2.74. The lowest BCUT2D eigenvalue weighted by Gasteiger charge is -2.35. The monoisotopic (exact) mass is 443 g/mol. The van der Waals surface area contributed by atoms with Gasteiger partial charge < -0.3 is 9.80 Å². The Kier molecular flexibility index (Phi) is 5.13. The highest BCUT2D eigenvalue weighted by atomic mass is 79.9. The molecular formula is C20H19BrFN5O. The molecule has 0 aliphatic carbocycles. The van der Waals surface area contributed by atoms with Crippen LogP contribution in [-0.4, -0.2) is 52.0 Å². The first-order valence-electron chi connectivity index (χ1n) is 9.01. The number of anilines is 1. The Morgan fingerprint density at radius 1 is 0.964 bits per heavy atom. The van der Waals surface area contributed by atoms with E-state index in [1.165, 1.54) is 12.1 Å². The average molecular weight is 444 g/mol. The predicted octanol–water partition coefficient (Wildman–Crippen LogP) is 3.44. The highest BCUT2D eigenvalue weighted by Crippen LogP contribution is 2.20. The fraction of sp³-hybridized carbons (Fsp3) is 0.250. The summed E-state index contributed by atoms with van der Waals surface area (Å²) < 4.78 is 15.8. The first-order valence-corrected chi connectivity index (χ1v) is 9.80. The number of rotatable bonds is 3. The van der Waals surface area contributed by atoms with E-state index in [0.717, 1.165) is 15.8 Å². The normalized spacial score (nSPS) is 14.4. The number of benzene rings is 2. The van der Waals surface area contributed by atoms with Gasteiger partial charge in [-0.25, -0.2) is 9.07 Å². The molecule has 1 amide bonds. The van der Waals surface area contributed by atoms with E-state index in [-0.39, 0.29) is 11.7 Å². The molecule has 28 heavy (non-hydrogen) atoms. The summed E-state index contributed by atoms with van der Waals surface area (Å²) >= 11 is 3.41. The number of carbonyl (C=O) groups is 1. The standard InChI is InChI=1S/C20H19BrFN5O/c1-14-19(23-24-27(14)18-6-2-15(21)3-7-18)20(28)26-12-10-25(11-13-26)17-8-4-16(22)5-9-17/h2-9H,10-13H2,1H3. The zero-order valence-electron chi connectivity index (χ0n) is 15.3. The highest BCUT2D eigenvalue weighted by Gasteiger charge is 2.26. The number of amides is 1. The first-order chi connectivity index (χ1) is 13.5. The van der Waals surface area contributed by atoms with Gasteiger partial charge in [-0.3, -0.25) is 4.79 Å². The summed E-state index contributed by atoms with van der Waals surface area (Å²) in [4.78, 5) is 16.9. The van der Waals surface area contributed by atoms with Gasteiger partial charge in [0.15, 0.2) is 5.69 Å². The molecular weight excluding hydrogens is 425 g/mol. The van der Waals surface area contributed by atoms with Gasteiger partial charge in [0, 0.05) is 36.3 Å². The molecule has 1 aromatic heterocycles. The molecule has 0 radical (unpaired) electrons. The van der Waals surface area contributed by atoms with Crippen LogP contribution in [0.15, 0.2) is 53.0 Å². The molecule has 1 aliphatic heterocycles. The number of hydrogen-bond acceptors (Lipinski definition) is 4. The van der Waals surface area contributed by atoms with Gasteiger partial charge in [0.1, 0.15) is 5.82 Å². The second-order valence-electron chi connectivity index (χ2n) is 6.67. The van der Waals surface area contributed by atoms with Crippen molar-refractivity contribution in [1.29, 1.82) is 0 Å². The van der Waals surface area contributed by atoms with Crippen molar-refractivity contribution in [1.82, 2.24) is 19.9 Å². The Labute approximate surface area is 170 Å². The van der Waals surface area contributed by atoms with Gasteiger partial charge in [-0.1, -0.05) is 21.1 Å². The number of carbonyl (C=O) groups excluding carboxylic acids is 1. The van der Waals surface area contributed by atoms with Crippen LogP contribution in [0.2, 0.25) is 0 Å². The van der Waals surface area contributed by atoms with Crippen molar-refractivity contribution in [2.45, 2.75) is 6.92 Å². The van der Waals surface area contributed by atoms with Crippen LogP contribution in [0.3, 0.4) is 0 Å². The molecule has 0 saturated carbocycles. The summed E-state index contributed by atoms with van der Waals surface area (Å²) in [5, 5.41) is 8.29. The Balaban J connectivity index is 1.46. The number of aromatic nitrogens is 3. The molecule has 0 N–H and O–H groups in total. The number of hydrogen-bond donors (Lipinski definition) is 0. The van der Waals surface area contributed by atoms with E-state index in [4.69, 9.17) is 0 Å². The van der Waals surface area contributed by atoms with E-state index >= 15 is 0 Å². The molecule has 0 bridgehead atoms. The highest BCUT2D eigenvalue weighted by molar-refractivity contribution is 9.10. The summed E-state index contributed by atoms with van der Waals surface area (Å²) in [7, 11) is 0. The van der Waals surface area contributed by atoms with Crippen LogP contribution in [0.5, 0.6) is 0 Å². The Morgan fingerprint density at radius 3 is 2.21 bits per heavy atom. The molecule has 2 heterocycles. The Bertz CT molecular complexity index is 979. The zero-order valence-corrected chi connectivity index (χ0v) is 16.9. The van der Waals surface area contributed by atoms with Gasteiger partial charge in [-0.2, -0.15) is 0 Å². The van der Waals surface area contributed by atoms with Crippen molar-refractivity contribution in [3.8, 4) is 5.69 Å². The van der Waals surface area contributed by atoms with E-state index < -0.39 is 0 Å². The van der Waals surface area contributed by atoms with Crippen molar-refractivity contribution in [2.24, 2.45) is 0 Å². The lowest BCUT2D eigenvalue weighted by molar-refractivity contribution is 0.0740. The summed E-state index contributed by atoms with van der Waals surface area (Å²) in [5.74, 6) is -0.360. The smallest absolute Gasteiger partial charge is 0.276 e. The first kappa shape index (κ1) is 18.6. The minimum atomic E-state index is -0.248. The third-order valence-corrected chi connectivity index (χ3v) is 5.46. The van der Waals surface area contributed by atoms with Crippen molar-refractivity contribution in [3.05, 3.63) is 70.2 Å². The van der Waals surface area contributed by atoms with Crippen LogP contribution in [0, 0.1) is 12.7 Å². The minimum absolute atomic E-state index is 0.111.